The number of hydrogen-bond acceptors (Lipinski definition) is 3. The van der Waals surface area contributed by atoms with Gasteiger partial charge in [-0.15, -0.1) is 0 Å². The van der Waals surface area contributed by atoms with E-state index in [1.807, 2.05) is 12.1 Å². The number of hydrogen-bond donors (Lipinski definition) is 2. The Hall–Kier alpha value is -1.06. The molecule has 1 aromatic rings. The lowest BCUT2D eigenvalue weighted by molar-refractivity contribution is 0.177. The third kappa shape index (κ3) is 3.03. The van der Waals surface area contributed by atoms with Crippen molar-refractivity contribution in [3.63, 3.8) is 0 Å². The van der Waals surface area contributed by atoms with Crippen LogP contribution in [0, 0.1) is 0 Å². The molecule has 0 fully saturated rings. The summed E-state index contributed by atoms with van der Waals surface area (Å²) in [5.74, 6) is 1.02. The van der Waals surface area contributed by atoms with Gasteiger partial charge in [-0.3, -0.25) is 0 Å². The molecule has 2 atom stereocenters. The van der Waals surface area contributed by atoms with Crippen molar-refractivity contribution in [3.05, 3.63) is 29.8 Å². The van der Waals surface area contributed by atoms with E-state index in [2.05, 4.69) is 31.3 Å². The first kappa shape index (κ1) is 13.4. The summed E-state index contributed by atoms with van der Waals surface area (Å²) >= 11 is 0. The van der Waals surface area contributed by atoms with E-state index in [0.717, 1.165) is 31.6 Å². The summed E-state index contributed by atoms with van der Waals surface area (Å²) in [6.07, 6.45) is 2.98. The number of fused-ring (bicyclic) bond motifs is 1. The molecule has 0 saturated carbocycles. The molecule has 1 heterocycles. The Labute approximate surface area is 109 Å². The lowest BCUT2D eigenvalue weighted by Crippen LogP contribution is -2.46. The third-order valence-corrected chi connectivity index (χ3v) is 3.91. The number of rotatable bonds is 6. The van der Waals surface area contributed by atoms with Crippen LogP contribution in [0.2, 0.25) is 0 Å². The first-order valence-corrected chi connectivity index (χ1v) is 6.77. The summed E-state index contributed by atoms with van der Waals surface area (Å²) in [6, 6.07) is 8.22. The third-order valence-electron chi connectivity index (χ3n) is 3.91. The van der Waals surface area contributed by atoms with E-state index < -0.39 is 0 Å². The first-order chi connectivity index (χ1) is 8.67. The molecule has 1 aliphatic heterocycles. The van der Waals surface area contributed by atoms with Crippen LogP contribution in [-0.2, 0) is 6.42 Å². The highest BCUT2D eigenvalue weighted by Crippen LogP contribution is 2.28. The van der Waals surface area contributed by atoms with Crippen molar-refractivity contribution < 1.29 is 9.84 Å². The zero-order chi connectivity index (χ0) is 13.0. The Morgan fingerprint density at radius 2 is 2.22 bits per heavy atom. The van der Waals surface area contributed by atoms with Crippen molar-refractivity contribution in [2.45, 2.75) is 44.8 Å². The Kier molecular flexibility index (Phi) is 4.25. The predicted molar refractivity (Wildman–Crippen MR) is 73.0 cm³/mol. The maximum absolute atomic E-state index is 9.10. The first-order valence-electron chi connectivity index (χ1n) is 6.77. The van der Waals surface area contributed by atoms with E-state index in [1.54, 1.807) is 0 Å². The molecule has 2 rings (SSSR count). The van der Waals surface area contributed by atoms with Gasteiger partial charge >= 0.3 is 0 Å². The predicted octanol–water partition coefficient (Wildman–Crippen LogP) is 2.13. The number of nitrogens with one attached hydrogen (secondary N) is 1. The number of aliphatic hydroxyl groups is 1. The minimum absolute atomic E-state index is 0.00683. The normalized spacial score (nSPS) is 21.2. The molecule has 100 valence electrons. The van der Waals surface area contributed by atoms with Gasteiger partial charge in [0.05, 0.1) is 0 Å². The van der Waals surface area contributed by atoms with E-state index in [9.17, 15) is 0 Å². The molecular weight excluding hydrogens is 226 g/mol. The molecule has 0 bridgehead atoms. The fraction of sp³-hybridized carbons (Fsp3) is 0.600. The molecule has 3 heteroatoms. The van der Waals surface area contributed by atoms with Gasteiger partial charge < -0.3 is 15.2 Å². The van der Waals surface area contributed by atoms with Crippen LogP contribution in [0.3, 0.4) is 0 Å². The van der Waals surface area contributed by atoms with Crippen LogP contribution in [0.4, 0.5) is 0 Å². The van der Waals surface area contributed by atoms with Crippen molar-refractivity contribution in [3.8, 4) is 5.75 Å². The minimum atomic E-state index is 0.00683. The molecule has 1 aromatic carbocycles. The summed E-state index contributed by atoms with van der Waals surface area (Å²) in [5, 5.41) is 12.6. The van der Waals surface area contributed by atoms with Crippen molar-refractivity contribution in [1.29, 1.82) is 0 Å². The van der Waals surface area contributed by atoms with Gasteiger partial charge in [0.25, 0.3) is 0 Å². The standard InChI is InChI=1S/C15H23NO2/c1-3-15(2,8-9-17)16-11-13-10-12-6-4-5-7-14(12)18-13/h4-7,13,16-17H,3,8-11H2,1-2H3. The maximum atomic E-state index is 9.10. The van der Waals surface area contributed by atoms with Crippen LogP contribution in [0.5, 0.6) is 5.75 Å². The maximum Gasteiger partial charge on any atom is 0.123 e. The molecular formula is C15H23NO2. The smallest absolute Gasteiger partial charge is 0.123 e. The Morgan fingerprint density at radius 1 is 1.44 bits per heavy atom. The SMILES string of the molecule is CCC(C)(CCO)NCC1Cc2ccccc2O1. The zero-order valence-corrected chi connectivity index (χ0v) is 11.3. The molecule has 0 radical (unpaired) electrons. The molecule has 0 aliphatic carbocycles. The molecule has 2 unspecified atom stereocenters. The van der Waals surface area contributed by atoms with Gasteiger partial charge in [-0.2, -0.15) is 0 Å². The molecule has 3 nitrogen and oxygen atoms in total. The van der Waals surface area contributed by atoms with Gasteiger partial charge in [0.1, 0.15) is 11.9 Å². The summed E-state index contributed by atoms with van der Waals surface area (Å²) in [5.41, 5.74) is 1.30. The summed E-state index contributed by atoms with van der Waals surface area (Å²) < 4.78 is 5.90. The quantitative estimate of drug-likeness (QED) is 0.811. The second-order valence-corrected chi connectivity index (χ2v) is 5.32. The van der Waals surface area contributed by atoms with Crippen LogP contribution in [0.15, 0.2) is 24.3 Å². The summed E-state index contributed by atoms with van der Waals surface area (Å²) in [6.45, 7) is 5.36. The van der Waals surface area contributed by atoms with Crippen molar-refractivity contribution in [2.75, 3.05) is 13.2 Å². The van der Waals surface area contributed by atoms with Crippen LogP contribution in [-0.4, -0.2) is 29.9 Å². The average molecular weight is 249 g/mol. The number of para-hydroxylation sites is 1. The lowest BCUT2D eigenvalue weighted by atomic mass is 9.94. The van der Waals surface area contributed by atoms with Gasteiger partial charge in [-0.05, 0) is 31.4 Å². The van der Waals surface area contributed by atoms with Crippen molar-refractivity contribution in [2.24, 2.45) is 0 Å². The Morgan fingerprint density at radius 3 is 2.89 bits per heavy atom. The number of benzene rings is 1. The average Bonchev–Trinajstić information content (AvgIpc) is 2.79. The zero-order valence-electron chi connectivity index (χ0n) is 11.3. The second-order valence-electron chi connectivity index (χ2n) is 5.32. The van der Waals surface area contributed by atoms with Crippen LogP contribution in [0.25, 0.3) is 0 Å². The molecule has 0 saturated heterocycles. The summed E-state index contributed by atoms with van der Waals surface area (Å²) in [7, 11) is 0. The van der Waals surface area contributed by atoms with Crippen LogP contribution >= 0.6 is 0 Å². The van der Waals surface area contributed by atoms with E-state index in [0.29, 0.717) is 0 Å². The highest BCUT2D eigenvalue weighted by Gasteiger charge is 2.26. The van der Waals surface area contributed by atoms with E-state index >= 15 is 0 Å². The fourth-order valence-electron chi connectivity index (χ4n) is 2.36. The van der Waals surface area contributed by atoms with E-state index in [4.69, 9.17) is 9.84 Å². The van der Waals surface area contributed by atoms with Crippen LogP contribution < -0.4 is 10.1 Å². The largest absolute Gasteiger partial charge is 0.488 e. The van der Waals surface area contributed by atoms with E-state index in [1.165, 1.54) is 5.56 Å². The molecule has 0 spiro atoms. The van der Waals surface area contributed by atoms with E-state index in [-0.39, 0.29) is 18.2 Å². The Bertz CT molecular complexity index is 369. The van der Waals surface area contributed by atoms with Crippen molar-refractivity contribution in [1.82, 2.24) is 5.32 Å². The second kappa shape index (κ2) is 5.72. The fourth-order valence-corrected chi connectivity index (χ4v) is 2.36. The topological polar surface area (TPSA) is 41.5 Å². The molecule has 1 aliphatic rings. The summed E-state index contributed by atoms with van der Waals surface area (Å²) in [4.78, 5) is 0. The monoisotopic (exact) mass is 249 g/mol. The molecule has 0 aromatic heterocycles. The van der Waals surface area contributed by atoms with Gasteiger partial charge in [-0.1, -0.05) is 25.1 Å². The molecule has 18 heavy (non-hydrogen) atoms. The van der Waals surface area contributed by atoms with Gasteiger partial charge in [0.2, 0.25) is 0 Å². The van der Waals surface area contributed by atoms with Crippen molar-refractivity contribution >= 4 is 0 Å². The number of aliphatic hydroxyl groups excluding tert-OH is 1. The van der Waals surface area contributed by atoms with Crippen LogP contribution in [0.1, 0.15) is 32.3 Å². The highest BCUT2D eigenvalue weighted by molar-refractivity contribution is 5.37. The Balaban J connectivity index is 1.86. The van der Waals surface area contributed by atoms with Gasteiger partial charge in [0.15, 0.2) is 0 Å². The number of ether oxygens (including phenoxy) is 1. The van der Waals surface area contributed by atoms with Gasteiger partial charge in [0, 0.05) is 25.1 Å². The minimum Gasteiger partial charge on any atom is -0.488 e. The molecule has 2 N–H and O–H groups in total. The lowest BCUT2D eigenvalue weighted by Gasteiger charge is -2.30. The molecule has 0 amide bonds. The van der Waals surface area contributed by atoms with Gasteiger partial charge in [-0.25, -0.2) is 0 Å². The highest BCUT2D eigenvalue weighted by atomic mass is 16.5.